The second-order valence-electron chi connectivity index (χ2n) is 5.56. The van der Waals surface area contributed by atoms with Crippen molar-refractivity contribution in [3.05, 3.63) is 76.6 Å². The fourth-order valence-corrected chi connectivity index (χ4v) is 2.61. The second kappa shape index (κ2) is 7.45. The molecule has 3 rings (SSSR count). The van der Waals surface area contributed by atoms with Gasteiger partial charge in [-0.05, 0) is 29.8 Å². The van der Waals surface area contributed by atoms with Crippen molar-refractivity contribution in [3.63, 3.8) is 0 Å². The third-order valence-electron chi connectivity index (χ3n) is 3.66. The molecule has 0 saturated carbocycles. The van der Waals surface area contributed by atoms with Gasteiger partial charge in [0.1, 0.15) is 6.26 Å². The van der Waals surface area contributed by atoms with Gasteiger partial charge in [0, 0.05) is 23.6 Å². The summed E-state index contributed by atoms with van der Waals surface area (Å²) < 4.78 is 6.50. The molecule has 3 aromatic rings. The van der Waals surface area contributed by atoms with E-state index in [1.54, 1.807) is 18.2 Å². The SMILES string of the molecule is CN(Cc1ccc(Br)cc1)C(=O)Cc1coc(-c2ccccc2)n1. The van der Waals surface area contributed by atoms with Crippen LogP contribution in [0.2, 0.25) is 0 Å². The molecule has 0 unspecified atom stereocenters. The first-order valence-electron chi connectivity index (χ1n) is 7.60. The lowest BCUT2D eigenvalue weighted by atomic mass is 10.2. The molecular weight excluding hydrogens is 368 g/mol. The summed E-state index contributed by atoms with van der Waals surface area (Å²) in [5.41, 5.74) is 2.63. The molecule has 0 aliphatic heterocycles. The monoisotopic (exact) mass is 384 g/mol. The lowest BCUT2D eigenvalue weighted by Crippen LogP contribution is -2.27. The number of carbonyl (C=O) groups excluding carboxylic acids is 1. The zero-order valence-electron chi connectivity index (χ0n) is 13.3. The molecule has 5 heteroatoms. The van der Waals surface area contributed by atoms with Crippen molar-refractivity contribution in [2.45, 2.75) is 13.0 Å². The first kappa shape index (κ1) is 16.5. The van der Waals surface area contributed by atoms with Gasteiger partial charge < -0.3 is 9.32 Å². The Morgan fingerprint density at radius 3 is 2.54 bits per heavy atom. The number of aromatic nitrogens is 1. The first-order valence-corrected chi connectivity index (χ1v) is 8.39. The second-order valence-corrected chi connectivity index (χ2v) is 6.48. The molecule has 24 heavy (non-hydrogen) atoms. The van der Waals surface area contributed by atoms with E-state index in [0.29, 0.717) is 18.1 Å². The fraction of sp³-hybridized carbons (Fsp3) is 0.158. The highest BCUT2D eigenvalue weighted by atomic mass is 79.9. The highest BCUT2D eigenvalue weighted by Crippen LogP contribution is 2.18. The van der Waals surface area contributed by atoms with Crippen LogP contribution in [0.1, 0.15) is 11.3 Å². The Kier molecular flexibility index (Phi) is 5.11. The van der Waals surface area contributed by atoms with Crippen LogP contribution in [0.3, 0.4) is 0 Å². The van der Waals surface area contributed by atoms with Gasteiger partial charge in [-0.25, -0.2) is 4.98 Å². The third-order valence-corrected chi connectivity index (χ3v) is 4.19. The first-order chi connectivity index (χ1) is 11.6. The highest BCUT2D eigenvalue weighted by Gasteiger charge is 2.14. The van der Waals surface area contributed by atoms with Crippen molar-refractivity contribution >= 4 is 21.8 Å². The van der Waals surface area contributed by atoms with Crippen LogP contribution in [-0.4, -0.2) is 22.8 Å². The zero-order valence-corrected chi connectivity index (χ0v) is 14.9. The number of carbonyl (C=O) groups is 1. The van der Waals surface area contributed by atoms with Crippen molar-refractivity contribution in [1.82, 2.24) is 9.88 Å². The van der Waals surface area contributed by atoms with Gasteiger partial charge in [0.2, 0.25) is 11.8 Å². The van der Waals surface area contributed by atoms with Crippen LogP contribution in [0.4, 0.5) is 0 Å². The minimum Gasteiger partial charge on any atom is -0.444 e. The summed E-state index contributed by atoms with van der Waals surface area (Å²) in [5, 5.41) is 0. The van der Waals surface area contributed by atoms with E-state index < -0.39 is 0 Å². The molecule has 0 aliphatic rings. The molecule has 0 N–H and O–H groups in total. The minimum atomic E-state index is 0.00540. The van der Waals surface area contributed by atoms with Crippen molar-refractivity contribution < 1.29 is 9.21 Å². The lowest BCUT2D eigenvalue weighted by Gasteiger charge is -2.16. The van der Waals surface area contributed by atoms with E-state index in [9.17, 15) is 4.79 Å². The molecule has 122 valence electrons. The Hall–Kier alpha value is -2.40. The van der Waals surface area contributed by atoms with Crippen LogP contribution in [0.25, 0.3) is 11.5 Å². The van der Waals surface area contributed by atoms with Gasteiger partial charge in [0.25, 0.3) is 0 Å². The molecule has 0 bridgehead atoms. The number of hydrogen-bond acceptors (Lipinski definition) is 3. The summed E-state index contributed by atoms with van der Waals surface area (Å²) in [4.78, 5) is 18.5. The number of oxazole rings is 1. The maximum absolute atomic E-state index is 12.4. The standard InChI is InChI=1S/C19H17BrN2O2/c1-22(12-14-7-9-16(20)10-8-14)18(23)11-17-13-24-19(21-17)15-5-3-2-4-6-15/h2-10,13H,11-12H2,1H3. The summed E-state index contributed by atoms with van der Waals surface area (Å²) in [7, 11) is 1.79. The van der Waals surface area contributed by atoms with E-state index in [1.807, 2.05) is 54.6 Å². The van der Waals surface area contributed by atoms with Crippen LogP contribution in [0, 0.1) is 0 Å². The normalized spacial score (nSPS) is 10.6. The van der Waals surface area contributed by atoms with E-state index in [-0.39, 0.29) is 12.3 Å². The molecule has 0 radical (unpaired) electrons. The average Bonchev–Trinajstić information content (AvgIpc) is 3.06. The number of hydrogen-bond donors (Lipinski definition) is 0. The summed E-state index contributed by atoms with van der Waals surface area (Å²) in [6.07, 6.45) is 1.77. The van der Waals surface area contributed by atoms with Crippen molar-refractivity contribution in [1.29, 1.82) is 0 Å². The summed E-state index contributed by atoms with van der Waals surface area (Å²) >= 11 is 3.41. The molecule has 1 heterocycles. The quantitative estimate of drug-likeness (QED) is 0.658. The van der Waals surface area contributed by atoms with Crippen LogP contribution in [0.15, 0.2) is 69.8 Å². The number of amides is 1. The van der Waals surface area contributed by atoms with Crippen LogP contribution in [-0.2, 0) is 17.8 Å². The lowest BCUT2D eigenvalue weighted by molar-refractivity contribution is -0.129. The summed E-state index contributed by atoms with van der Waals surface area (Å²) in [6.45, 7) is 0.565. The van der Waals surface area contributed by atoms with Gasteiger partial charge in [-0.3, -0.25) is 4.79 Å². The van der Waals surface area contributed by atoms with Crippen LogP contribution >= 0.6 is 15.9 Å². The number of benzene rings is 2. The zero-order chi connectivity index (χ0) is 16.9. The predicted octanol–water partition coefficient (Wildman–Crippen LogP) is 4.31. The molecule has 0 fully saturated rings. The van der Waals surface area contributed by atoms with E-state index in [4.69, 9.17) is 4.42 Å². The number of likely N-dealkylation sites (N-methyl/N-ethyl adjacent to an activating group) is 1. The van der Waals surface area contributed by atoms with Crippen molar-refractivity contribution in [3.8, 4) is 11.5 Å². The maximum Gasteiger partial charge on any atom is 0.228 e. The molecule has 1 amide bonds. The number of rotatable bonds is 5. The Labute approximate surface area is 149 Å². The predicted molar refractivity (Wildman–Crippen MR) is 96.3 cm³/mol. The van der Waals surface area contributed by atoms with E-state index in [2.05, 4.69) is 20.9 Å². The van der Waals surface area contributed by atoms with E-state index >= 15 is 0 Å². The van der Waals surface area contributed by atoms with Gasteiger partial charge in [0.05, 0.1) is 12.1 Å². The Morgan fingerprint density at radius 1 is 1.12 bits per heavy atom. The van der Waals surface area contributed by atoms with E-state index in [0.717, 1.165) is 15.6 Å². The van der Waals surface area contributed by atoms with Crippen LogP contribution < -0.4 is 0 Å². The average molecular weight is 385 g/mol. The molecule has 0 atom stereocenters. The van der Waals surface area contributed by atoms with Gasteiger partial charge >= 0.3 is 0 Å². The van der Waals surface area contributed by atoms with Gasteiger partial charge in [-0.15, -0.1) is 0 Å². The number of nitrogens with zero attached hydrogens (tertiary/aromatic N) is 2. The Bertz CT molecular complexity index is 813. The third kappa shape index (κ3) is 4.11. The largest absolute Gasteiger partial charge is 0.444 e. The summed E-state index contributed by atoms with van der Waals surface area (Å²) in [5.74, 6) is 0.541. The minimum absolute atomic E-state index is 0.00540. The van der Waals surface area contributed by atoms with Gasteiger partial charge in [-0.1, -0.05) is 46.3 Å². The van der Waals surface area contributed by atoms with Crippen molar-refractivity contribution in [2.24, 2.45) is 0 Å². The Balaban J connectivity index is 1.62. The van der Waals surface area contributed by atoms with Gasteiger partial charge in [0.15, 0.2) is 0 Å². The highest BCUT2D eigenvalue weighted by molar-refractivity contribution is 9.10. The molecule has 4 nitrogen and oxygen atoms in total. The Morgan fingerprint density at radius 2 is 1.83 bits per heavy atom. The smallest absolute Gasteiger partial charge is 0.228 e. The molecule has 0 spiro atoms. The maximum atomic E-state index is 12.4. The number of halogens is 1. The fourth-order valence-electron chi connectivity index (χ4n) is 2.34. The summed E-state index contributed by atoms with van der Waals surface area (Å²) in [6, 6.07) is 17.6. The molecule has 1 aromatic heterocycles. The topological polar surface area (TPSA) is 46.3 Å². The van der Waals surface area contributed by atoms with Crippen LogP contribution in [0.5, 0.6) is 0 Å². The van der Waals surface area contributed by atoms with E-state index in [1.165, 1.54) is 0 Å². The molecular formula is C19H17BrN2O2. The van der Waals surface area contributed by atoms with Crippen molar-refractivity contribution in [2.75, 3.05) is 7.05 Å². The molecule has 2 aromatic carbocycles. The van der Waals surface area contributed by atoms with Gasteiger partial charge in [-0.2, -0.15) is 0 Å². The molecule has 0 aliphatic carbocycles. The molecule has 0 saturated heterocycles.